The minimum absolute atomic E-state index is 0.0296. The molecular weight excluding hydrogens is 376 g/mol. The van der Waals surface area contributed by atoms with E-state index in [1.807, 2.05) is 6.92 Å². The van der Waals surface area contributed by atoms with Crippen LogP contribution in [0.25, 0.3) is 0 Å². The number of sulfone groups is 1. The lowest BCUT2D eigenvalue weighted by atomic mass is 10.1. The third kappa shape index (κ3) is 4.63. The number of amides is 1. The molecule has 0 aromatic heterocycles. The lowest BCUT2D eigenvalue weighted by molar-refractivity contribution is 0.0694. The van der Waals surface area contributed by atoms with Crippen LogP contribution in [-0.2, 0) is 19.9 Å². The lowest BCUT2D eigenvalue weighted by Crippen LogP contribution is -2.41. The first-order chi connectivity index (χ1) is 12.1. The Bertz CT molecular complexity index is 863. The Labute approximate surface area is 156 Å². The Morgan fingerprint density at radius 2 is 1.96 bits per heavy atom. The smallest absolute Gasteiger partial charge is 0.254 e. The van der Waals surface area contributed by atoms with E-state index in [-0.39, 0.29) is 33.9 Å². The molecule has 0 saturated carbocycles. The van der Waals surface area contributed by atoms with Crippen molar-refractivity contribution in [1.82, 2.24) is 9.21 Å². The van der Waals surface area contributed by atoms with Crippen LogP contribution in [0.1, 0.15) is 36.5 Å². The maximum atomic E-state index is 13.0. The summed E-state index contributed by atoms with van der Waals surface area (Å²) in [5.41, 5.74) is 0.258. The number of carbonyl (C=O) groups is 1. The Kier molecular flexibility index (Phi) is 6.46. The molecule has 0 bridgehead atoms. The molecule has 9 heteroatoms. The van der Waals surface area contributed by atoms with Gasteiger partial charge < -0.3 is 4.90 Å². The van der Waals surface area contributed by atoms with Crippen molar-refractivity contribution in [2.24, 2.45) is 0 Å². The van der Waals surface area contributed by atoms with Crippen molar-refractivity contribution >= 4 is 25.8 Å². The van der Waals surface area contributed by atoms with Crippen LogP contribution in [0, 0.1) is 0 Å². The molecule has 0 aliphatic carbocycles. The van der Waals surface area contributed by atoms with E-state index in [0.29, 0.717) is 13.0 Å². The summed E-state index contributed by atoms with van der Waals surface area (Å²) in [6, 6.07) is 5.56. The molecule has 1 aliphatic rings. The summed E-state index contributed by atoms with van der Waals surface area (Å²) in [4.78, 5) is 14.7. The van der Waals surface area contributed by atoms with Gasteiger partial charge in [-0.3, -0.25) is 4.79 Å². The zero-order valence-corrected chi connectivity index (χ0v) is 17.0. The monoisotopic (exact) mass is 402 g/mol. The standard InChI is InChI=1S/C17H26N2O5S2/c1-4-5-10-19(15-9-11-25(21,22)13-15)17(20)14-7-6-8-16(12-14)26(23,24)18(2)3/h6-8,12,15H,4-5,9-11,13H2,1-3H3. The van der Waals surface area contributed by atoms with Crippen molar-refractivity contribution in [3.63, 3.8) is 0 Å². The fourth-order valence-electron chi connectivity index (χ4n) is 2.97. The summed E-state index contributed by atoms with van der Waals surface area (Å²) in [6.45, 7) is 2.46. The van der Waals surface area contributed by atoms with E-state index in [2.05, 4.69) is 0 Å². The highest BCUT2D eigenvalue weighted by atomic mass is 32.2. The minimum Gasteiger partial charge on any atom is -0.335 e. The summed E-state index contributed by atoms with van der Waals surface area (Å²) in [6.07, 6.45) is 2.06. The highest BCUT2D eigenvalue weighted by molar-refractivity contribution is 7.91. The number of sulfonamides is 1. The van der Waals surface area contributed by atoms with Crippen molar-refractivity contribution in [2.45, 2.75) is 37.1 Å². The molecule has 1 aromatic rings. The fraction of sp³-hybridized carbons (Fsp3) is 0.588. The van der Waals surface area contributed by atoms with Crippen LogP contribution in [0.15, 0.2) is 29.2 Å². The van der Waals surface area contributed by atoms with E-state index in [9.17, 15) is 21.6 Å². The zero-order valence-electron chi connectivity index (χ0n) is 15.4. The molecule has 2 rings (SSSR count). The van der Waals surface area contributed by atoms with Gasteiger partial charge in [-0.2, -0.15) is 0 Å². The molecule has 0 radical (unpaired) electrons. The molecule has 1 fully saturated rings. The summed E-state index contributed by atoms with van der Waals surface area (Å²) in [5.74, 6) is -0.267. The van der Waals surface area contributed by atoms with Crippen molar-refractivity contribution in [1.29, 1.82) is 0 Å². The van der Waals surface area contributed by atoms with Gasteiger partial charge in [-0.15, -0.1) is 0 Å². The molecule has 1 aliphatic heterocycles. The molecule has 1 heterocycles. The molecule has 1 amide bonds. The molecule has 1 saturated heterocycles. The van der Waals surface area contributed by atoms with E-state index in [0.717, 1.165) is 17.1 Å². The van der Waals surface area contributed by atoms with Gasteiger partial charge in [-0.1, -0.05) is 19.4 Å². The second-order valence-electron chi connectivity index (χ2n) is 6.72. The van der Waals surface area contributed by atoms with Crippen molar-refractivity contribution in [2.75, 3.05) is 32.1 Å². The molecule has 26 heavy (non-hydrogen) atoms. The van der Waals surface area contributed by atoms with Crippen LogP contribution in [0.5, 0.6) is 0 Å². The summed E-state index contributed by atoms with van der Waals surface area (Å²) in [7, 11) is -3.90. The number of rotatable bonds is 7. The van der Waals surface area contributed by atoms with Gasteiger partial charge in [0.15, 0.2) is 9.84 Å². The van der Waals surface area contributed by atoms with E-state index < -0.39 is 19.9 Å². The average Bonchev–Trinajstić information content (AvgIpc) is 2.94. The maximum Gasteiger partial charge on any atom is 0.254 e. The molecule has 0 spiro atoms. The third-order valence-corrected chi connectivity index (χ3v) is 8.08. The van der Waals surface area contributed by atoms with Gasteiger partial charge in [0.25, 0.3) is 5.91 Å². The Morgan fingerprint density at radius 3 is 2.50 bits per heavy atom. The SMILES string of the molecule is CCCCN(C(=O)c1cccc(S(=O)(=O)N(C)C)c1)C1CCS(=O)(=O)C1. The number of hydrogen-bond donors (Lipinski definition) is 0. The topological polar surface area (TPSA) is 91.8 Å². The van der Waals surface area contributed by atoms with Crippen LogP contribution < -0.4 is 0 Å². The van der Waals surface area contributed by atoms with Gasteiger partial charge in [-0.05, 0) is 31.0 Å². The summed E-state index contributed by atoms with van der Waals surface area (Å²) >= 11 is 0. The average molecular weight is 403 g/mol. The molecular formula is C17H26N2O5S2. The fourth-order valence-corrected chi connectivity index (χ4v) is 5.64. The van der Waals surface area contributed by atoms with E-state index in [4.69, 9.17) is 0 Å². The van der Waals surface area contributed by atoms with Gasteiger partial charge in [0.05, 0.1) is 16.4 Å². The Balaban J connectivity index is 2.34. The highest BCUT2D eigenvalue weighted by Crippen LogP contribution is 2.22. The zero-order chi connectivity index (χ0) is 19.5. The number of nitrogens with zero attached hydrogens (tertiary/aromatic N) is 2. The predicted octanol–water partition coefficient (Wildman–Crippen LogP) is 1.37. The molecule has 1 aromatic carbocycles. The number of hydrogen-bond acceptors (Lipinski definition) is 5. The van der Waals surface area contributed by atoms with Crippen LogP contribution in [-0.4, -0.2) is 70.1 Å². The molecule has 1 unspecified atom stereocenters. The first-order valence-electron chi connectivity index (χ1n) is 8.62. The molecule has 1 atom stereocenters. The van der Waals surface area contributed by atoms with E-state index in [1.165, 1.54) is 32.3 Å². The summed E-state index contributed by atoms with van der Waals surface area (Å²) in [5, 5.41) is 0. The Morgan fingerprint density at radius 1 is 1.27 bits per heavy atom. The van der Waals surface area contributed by atoms with Gasteiger partial charge >= 0.3 is 0 Å². The number of benzene rings is 1. The van der Waals surface area contributed by atoms with E-state index >= 15 is 0 Å². The van der Waals surface area contributed by atoms with Gasteiger partial charge in [0.1, 0.15) is 0 Å². The lowest BCUT2D eigenvalue weighted by Gasteiger charge is -2.28. The van der Waals surface area contributed by atoms with Crippen LogP contribution in [0.4, 0.5) is 0 Å². The van der Waals surface area contributed by atoms with Gasteiger partial charge in [0.2, 0.25) is 10.0 Å². The normalized spacial score (nSPS) is 19.6. The molecule has 0 N–H and O–H groups in total. The molecule has 146 valence electrons. The Hall–Kier alpha value is -1.45. The quantitative estimate of drug-likeness (QED) is 0.687. The van der Waals surface area contributed by atoms with Crippen molar-refractivity contribution in [3.05, 3.63) is 29.8 Å². The first kappa shape index (κ1) is 20.9. The van der Waals surface area contributed by atoms with Crippen molar-refractivity contribution < 1.29 is 21.6 Å². The minimum atomic E-state index is -3.65. The number of carbonyl (C=O) groups excluding carboxylic acids is 1. The summed E-state index contributed by atoms with van der Waals surface area (Å²) < 4.78 is 49.3. The van der Waals surface area contributed by atoms with Crippen LogP contribution in [0.2, 0.25) is 0 Å². The van der Waals surface area contributed by atoms with Crippen LogP contribution in [0.3, 0.4) is 0 Å². The molecule has 7 nitrogen and oxygen atoms in total. The third-order valence-electron chi connectivity index (χ3n) is 4.52. The number of unbranched alkanes of at least 4 members (excludes halogenated alkanes) is 1. The second-order valence-corrected chi connectivity index (χ2v) is 11.1. The van der Waals surface area contributed by atoms with Crippen molar-refractivity contribution in [3.8, 4) is 0 Å². The van der Waals surface area contributed by atoms with E-state index in [1.54, 1.807) is 11.0 Å². The van der Waals surface area contributed by atoms with Gasteiger partial charge in [-0.25, -0.2) is 21.1 Å². The maximum absolute atomic E-state index is 13.0. The largest absolute Gasteiger partial charge is 0.335 e. The highest BCUT2D eigenvalue weighted by Gasteiger charge is 2.35. The van der Waals surface area contributed by atoms with Crippen LogP contribution >= 0.6 is 0 Å². The second kappa shape index (κ2) is 8.06. The predicted molar refractivity (Wildman–Crippen MR) is 100 cm³/mol. The van der Waals surface area contributed by atoms with Gasteiger partial charge in [0, 0.05) is 32.2 Å². The first-order valence-corrected chi connectivity index (χ1v) is 11.9.